The second-order valence-electron chi connectivity index (χ2n) is 3.73. The third-order valence-corrected chi connectivity index (χ3v) is 2.39. The molecule has 0 fully saturated rings. The summed E-state index contributed by atoms with van der Waals surface area (Å²) >= 11 is 0. The summed E-state index contributed by atoms with van der Waals surface area (Å²) < 4.78 is 0. The van der Waals surface area contributed by atoms with Gasteiger partial charge in [-0.3, -0.25) is 0 Å². The van der Waals surface area contributed by atoms with E-state index in [1.165, 1.54) is 18.2 Å². The van der Waals surface area contributed by atoms with Crippen molar-refractivity contribution >= 4 is 18.1 Å². The Balaban J connectivity index is 2.72. The first kappa shape index (κ1) is 15.4. The van der Waals surface area contributed by atoms with E-state index in [-0.39, 0.29) is 6.67 Å². The van der Waals surface area contributed by atoms with Gasteiger partial charge in [-0.1, -0.05) is 30.3 Å². The molecule has 106 valence electrons. The van der Waals surface area contributed by atoms with Crippen LogP contribution in [0, 0.1) is 0 Å². The standard InChI is InChI=1S/C12H13N3O5/c16-7-13-6-14-12(20)15-9(11(18)19)10(17)8-4-2-1-3-5-8/h1-5,9-10,17H,6H2,(H,18,19)(H2,14,15,20). The fourth-order valence-electron chi connectivity index (χ4n) is 1.45. The minimum Gasteiger partial charge on any atom is -0.480 e. The van der Waals surface area contributed by atoms with E-state index < -0.39 is 24.1 Å². The van der Waals surface area contributed by atoms with Gasteiger partial charge in [-0.2, -0.15) is 4.99 Å². The molecule has 8 heteroatoms. The summed E-state index contributed by atoms with van der Waals surface area (Å²) in [5.41, 5.74) is 0.353. The molecule has 20 heavy (non-hydrogen) atoms. The highest BCUT2D eigenvalue weighted by atomic mass is 16.4. The lowest BCUT2D eigenvalue weighted by atomic mass is 10.0. The number of urea groups is 1. The summed E-state index contributed by atoms with van der Waals surface area (Å²) in [6.45, 7) is -0.330. The first-order valence-electron chi connectivity index (χ1n) is 5.60. The molecule has 0 aliphatic carbocycles. The highest BCUT2D eigenvalue weighted by Gasteiger charge is 2.29. The number of aliphatic imine (C=N–C) groups is 1. The Hall–Kier alpha value is -2.70. The van der Waals surface area contributed by atoms with Gasteiger partial charge in [-0.15, -0.1) is 0 Å². The van der Waals surface area contributed by atoms with Gasteiger partial charge in [0.1, 0.15) is 12.8 Å². The van der Waals surface area contributed by atoms with E-state index in [0.29, 0.717) is 5.56 Å². The highest BCUT2D eigenvalue weighted by Crippen LogP contribution is 2.16. The van der Waals surface area contributed by atoms with Gasteiger partial charge in [0.05, 0.1) is 0 Å². The van der Waals surface area contributed by atoms with Gasteiger partial charge < -0.3 is 20.8 Å². The van der Waals surface area contributed by atoms with Crippen molar-refractivity contribution in [2.75, 3.05) is 6.67 Å². The molecule has 0 aliphatic rings. The molecule has 1 rings (SSSR count). The first-order chi connectivity index (χ1) is 9.56. The molecular formula is C12H13N3O5. The average Bonchev–Trinajstić information content (AvgIpc) is 2.45. The van der Waals surface area contributed by atoms with Crippen molar-refractivity contribution in [3.05, 3.63) is 35.9 Å². The molecule has 2 atom stereocenters. The van der Waals surface area contributed by atoms with Crippen molar-refractivity contribution in [1.29, 1.82) is 0 Å². The van der Waals surface area contributed by atoms with Gasteiger partial charge in [0.2, 0.25) is 6.08 Å². The van der Waals surface area contributed by atoms with Crippen LogP contribution in [0.25, 0.3) is 0 Å². The number of benzene rings is 1. The van der Waals surface area contributed by atoms with Gasteiger partial charge >= 0.3 is 12.0 Å². The summed E-state index contributed by atoms with van der Waals surface area (Å²) in [4.78, 5) is 35.4. The molecule has 0 aliphatic heterocycles. The van der Waals surface area contributed by atoms with Crippen LogP contribution < -0.4 is 10.6 Å². The molecule has 8 nitrogen and oxygen atoms in total. The van der Waals surface area contributed by atoms with Crippen LogP contribution in [0.3, 0.4) is 0 Å². The molecule has 2 amide bonds. The average molecular weight is 279 g/mol. The van der Waals surface area contributed by atoms with Crippen LogP contribution in [0.2, 0.25) is 0 Å². The second-order valence-corrected chi connectivity index (χ2v) is 3.73. The number of hydrogen-bond donors (Lipinski definition) is 4. The Bertz CT molecular complexity index is 513. The van der Waals surface area contributed by atoms with Crippen LogP contribution in [0.1, 0.15) is 11.7 Å². The fraction of sp³-hybridized carbons (Fsp3) is 0.250. The summed E-state index contributed by atoms with van der Waals surface area (Å²) in [6.07, 6.45) is -0.194. The lowest BCUT2D eigenvalue weighted by Gasteiger charge is -2.20. The van der Waals surface area contributed by atoms with Gasteiger partial charge in [-0.25, -0.2) is 14.4 Å². The molecule has 0 saturated carbocycles. The normalized spacial score (nSPS) is 12.7. The number of isocyanates is 1. The SMILES string of the molecule is O=C=NCNC(=O)NC(C(=O)O)C(O)c1ccccc1. The third kappa shape index (κ3) is 4.52. The number of aliphatic carboxylic acids is 1. The number of nitrogens with zero attached hydrogens (tertiary/aromatic N) is 1. The number of aliphatic hydroxyl groups is 1. The van der Waals surface area contributed by atoms with Crippen LogP contribution in [0.5, 0.6) is 0 Å². The largest absolute Gasteiger partial charge is 0.480 e. The lowest BCUT2D eigenvalue weighted by molar-refractivity contribution is -0.142. The molecule has 0 bridgehead atoms. The zero-order chi connectivity index (χ0) is 15.0. The number of amides is 2. The maximum absolute atomic E-state index is 11.4. The predicted octanol–water partition coefficient (Wildman–Crippen LogP) is -0.234. The summed E-state index contributed by atoms with van der Waals surface area (Å²) in [5, 5.41) is 23.2. The smallest absolute Gasteiger partial charge is 0.329 e. The van der Waals surface area contributed by atoms with Crippen LogP contribution >= 0.6 is 0 Å². The monoisotopic (exact) mass is 279 g/mol. The number of aliphatic hydroxyl groups excluding tert-OH is 1. The van der Waals surface area contributed by atoms with E-state index in [9.17, 15) is 19.5 Å². The molecule has 4 N–H and O–H groups in total. The van der Waals surface area contributed by atoms with Crippen molar-refractivity contribution < 1.29 is 24.6 Å². The molecule has 0 saturated heterocycles. The predicted molar refractivity (Wildman–Crippen MR) is 67.5 cm³/mol. The maximum atomic E-state index is 11.4. The molecule has 1 aromatic rings. The molecule has 0 aromatic heterocycles. The number of carboxylic acid groups (broad SMARTS) is 1. The van der Waals surface area contributed by atoms with E-state index in [4.69, 9.17) is 5.11 Å². The van der Waals surface area contributed by atoms with Crippen LogP contribution in [0.15, 0.2) is 35.3 Å². The molecule has 1 aromatic carbocycles. The number of carboxylic acids is 1. The number of hydrogen-bond acceptors (Lipinski definition) is 5. The second kappa shape index (κ2) is 7.67. The van der Waals surface area contributed by atoms with Gasteiger partial charge in [-0.05, 0) is 5.56 Å². The van der Waals surface area contributed by atoms with E-state index in [2.05, 4.69) is 15.6 Å². The van der Waals surface area contributed by atoms with Crippen LogP contribution in [-0.2, 0) is 9.59 Å². The third-order valence-electron chi connectivity index (χ3n) is 2.39. The van der Waals surface area contributed by atoms with Crippen LogP contribution in [-0.4, -0.2) is 41.0 Å². The van der Waals surface area contributed by atoms with E-state index in [1.807, 2.05) is 0 Å². The Labute approximate surface area is 114 Å². The molecule has 0 radical (unpaired) electrons. The Kier molecular flexibility index (Phi) is 5.89. The summed E-state index contributed by atoms with van der Waals surface area (Å²) in [7, 11) is 0. The highest BCUT2D eigenvalue weighted by molar-refractivity contribution is 5.83. The van der Waals surface area contributed by atoms with E-state index in [0.717, 1.165) is 0 Å². The van der Waals surface area contributed by atoms with Gasteiger partial charge in [0, 0.05) is 0 Å². The number of carbonyl (C=O) groups is 2. The van der Waals surface area contributed by atoms with Crippen molar-refractivity contribution in [2.24, 2.45) is 4.99 Å². The minimum absolute atomic E-state index is 0.330. The summed E-state index contributed by atoms with van der Waals surface area (Å²) in [6, 6.07) is 5.66. The lowest BCUT2D eigenvalue weighted by Crippen LogP contribution is -2.49. The first-order valence-corrected chi connectivity index (χ1v) is 5.60. The molecule has 0 spiro atoms. The van der Waals surface area contributed by atoms with Crippen molar-refractivity contribution in [3.63, 3.8) is 0 Å². The Morgan fingerprint density at radius 1 is 1.30 bits per heavy atom. The van der Waals surface area contributed by atoms with Crippen molar-refractivity contribution in [1.82, 2.24) is 10.6 Å². The fourth-order valence-corrected chi connectivity index (χ4v) is 1.45. The topological polar surface area (TPSA) is 128 Å². The molecule has 0 heterocycles. The summed E-state index contributed by atoms with van der Waals surface area (Å²) in [5.74, 6) is -1.39. The zero-order valence-corrected chi connectivity index (χ0v) is 10.3. The quantitative estimate of drug-likeness (QED) is 0.422. The van der Waals surface area contributed by atoms with E-state index >= 15 is 0 Å². The van der Waals surface area contributed by atoms with Crippen molar-refractivity contribution in [3.8, 4) is 0 Å². The number of carbonyl (C=O) groups excluding carboxylic acids is 2. The Morgan fingerprint density at radius 2 is 1.95 bits per heavy atom. The molecule has 2 unspecified atom stereocenters. The maximum Gasteiger partial charge on any atom is 0.329 e. The minimum atomic E-state index is -1.53. The zero-order valence-electron chi connectivity index (χ0n) is 10.3. The number of nitrogens with one attached hydrogen (secondary N) is 2. The Morgan fingerprint density at radius 3 is 2.50 bits per heavy atom. The van der Waals surface area contributed by atoms with Gasteiger partial charge in [0.15, 0.2) is 6.04 Å². The van der Waals surface area contributed by atoms with Gasteiger partial charge in [0.25, 0.3) is 0 Å². The van der Waals surface area contributed by atoms with E-state index in [1.54, 1.807) is 18.2 Å². The van der Waals surface area contributed by atoms with Crippen LogP contribution in [0.4, 0.5) is 4.79 Å². The number of rotatable bonds is 6. The molecular weight excluding hydrogens is 266 g/mol. The van der Waals surface area contributed by atoms with Crippen molar-refractivity contribution in [2.45, 2.75) is 12.1 Å².